The number of rotatable bonds is 6. The molecule has 0 spiro atoms. The maximum absolute atomic E-state index is 12.9. The summed E-state index contributed by atoms with van der Waals surface area (Å²) in [4.78, 5) is 38.2. The van der Waals surface area contributed by atoms with Crippen molar-refractivity contribution in [1.29, 1.82) is 0 Å². The minimum atomic E-state index is -4.26. The van der Waals surface area contributed by atoms with Gasteiger partial charge in [0.2, 0.25) is 5.91 Å². The van der Waals surface area contributed by atoms with Crippen LogP contribution in [0.1, 0.15) is 16.8 Å². The Kier molecular flexibility index (Phi) is 7.83. The zero-order valence-corrected chi connectivity index (χ0v) is 22.5. The zero-order valence-electron chi connectivity index (χ0n) is 15.2. The van der Waals surface area contributed by atoms with Crippen LogP contribution < -0.4 is 5.32 Å². The molecule has 4 atom stereocenters. The highest BCUT2D eigenvalue weighted by Gasteiger charge is 2.52. The number of carbonyl (C=O) groups is 3. The van der Waals surface area contributed by atoms with Gasteiger partial charge in [0, 0.05) is 10.7 Å². The minimum Gasteiger partial charge on any atom is -0.464 e. The van der Waals surface area contributed by atoms with E-state index in [0.29, 0.717) is 12.0 Å². The predicted octanol–water partition coefficient (Wildman–Crippen LogP) is 2.63. The van der Waals surface area contributed by atoms with Gasteiger partial charge in [-0.05, 0) is 98.2 Å². The van der Waals surface area contributed by atoms with Crippen LogP contribution in [0.5, 0.6) is 0 Å². The number of nitrogens with one attached hydrogen (secondary N) is 1. The Morgan fingerprint density at radius 2 is 1.73 bits per heavy atom. The number of fused-ring (bicyclic) bond motifs is 2. The second kappa shape index (κ2) is 9.66. The fourth-order valence-corrected chi connectivity index (χ4v) is 6.52. The van der Waals surface area contributed by atoms with Gasteiger partial charge in [-0.15, -0.1) is 0 Å². The van der Waals surface area contributed by atoms with Crippen LogP contribution in [0.3, 0.4) is 0 Å². The number of halogens is 3. The van der Waals surface area contributed by atoms with Crippen molar-refractivity contribution in [2.45, 2.75) is 6.42 Å². The molecule has 1 aromatic carbocycles. The van der Waals surface area contributed by atoms with Crippen LogP contribution in [0, 0.1) is 34.4 Å². The fourth-order valence-electron chi connectivity index (χ4n) is 3.83. The molecule has 0 heterocycles. The molecule has 0 radical (unpaired) electrons. The molecule has 0 saturated heterocycles. The van der Waals surface area contributed by atoms with Gasteiger partial charge in [-0.1, -0.05) is 12.2 Å². The quantitative estimate of drug-likeness (QED) is 0.114. The average molecular weight is 771 g/mol. The molecule has 2 aliphatic rings. The van der Waals surface area contributed by atoms with Crippen molar-refractivity contribution in [3.05, 3.63) is 40.6 Å². The third kappa shape index (κ3) is 5.53. The smallest absolute Gasteiger partial charge is 0.310 e. The molecule has 2 N–H and O–H groups in total. The average Bonchev–Trinajstić information content (AvgIpc) is 3.24. The Morgan fingerprint density at radius 1 is 1.10 bits per heavy atom. The van der Waals surface area contributed by atoms with Crippen molar-refractivity contribution in [3.63, 3.8) is 0 Å². The van der Waals surface area contributed by atoms with Gasteiger partial charge in [0.05, 0.1) is 17.4 Å². The van der Waals surface area contributed by atoms with Crippen LogP contribution in [0.2, 0.25) is 0 Å². The SMILES string of the molecule is O=C(NC(=O)C1C2C=CC(C2)C1C(=O)OCCS(=O)(=O)O)c1cc(I)cc(I)c1I. The lowest BCUT2D eigenvalue weighted by atomic mass is 9.82. The molecule has 162 valence electrons. The number of carbonyl (C=O) groups excluding carboxylic acids is 3. The standard InChI is InChI=1S/C18H16I3NO7S/c19-10-6-11(15(21)12(20)7-10)16(23)22-17(24)13-8-1-2-9(5-8)14(13)18(25)29-3-4-30(26,27)28/h1-2,6-9,13-14H,3-5H2,(H,22,23,24)(H,26,27,28). The molecule has 0 aliphatic heterocycles. The Morgan fingerprint density at radius 3 is 2.37 bits per heavy atom. The summed E-state index contributed by atoms with van der Waals surface area (Å²) in [5.41, 5.74) is 0.381. The van der Waals surface area contributed by atoms with E-state index in [1.807, 2.05) is 40.8 Å². The molecule has 8 nitrogen and oxygen atoms in total. The van der Waals surface area contributed by atoms with E-state index >= 15 is 0 Å². The van der Waals surface area contributed by atoms with Crippen molar-refractivity contribution < 1.29 is 32.1 Å². The normalized spacial score (nSPS) is 24.7. The van der Waals surface area contributed by atoms with E-state index in [9.17, 15) is 22.8 Å². The van der Waals surface area contributed by atoms with Crippen LogP contribution in [-0.4, -0.2) is 43.1 Å². The number of imide groups is 1. The van der Waals surface area contributed by atoms with Crippen LogP contribution in [0.15, 0.2) is 24.3 Å². The van der Waals surface area contributed by atoms with Crippen LogP contribution >= 0.6 is 67.8 Å². The first-order valence-electron chi connectivity index (χ1n) is 8.78. The van der Waals surface area contributed by atoms with E-state index in [4.69, 9.17) is 9.29 Å². The number of hydrogen-bond acceptors (Lipinski definition) is 6. The molecule has 1 saturated carbocycles. The van der Waals surface area contributed by atoms with Crippen molar-refractivity contribution in [1.82, 2.24) is 5.32 Å². The number of ether oxygens (including phenoxy) is 1. The molecule has 1 fully saturated rings. The van der Waals surface area contributed by atoms with Crippen molar-refractivity contribution >= 4 is 95.7 Å². The Hall–Kier alpha value is -0.330. The molecule has 0 aromatic heterocycles. The third-order valence-electron chi connectivity index (χ3n) is 5.09. The second-order valence-corrected chi connectivity index (χ2v) is 12.1. The highest BCUT2D eigenvalue weighted by molar-refractivity contribution is 14.1. The van der Waals surface area contributed by atoms with Gasteiger partial charge in [0.1, 0.15) is 12.4 Å². The van der Waals surface area contributed by atoms with Crippen molar-refractivity contribution in [2.24, 2.45) is 23.7 Å². The molecule has 3 rings (SSSR count). The molecule has 12 heteroatoms. The first kappa shape index (κ1) is 24.3. The van der Waals surface area contributed by atoms with E-state index in [-0.39, 0.29) is 11.8 Å². The van der Waals surface area contributed by atoms with Crippen molar-refractivity contribution in [3.8, 4) is 0 Å². The van der Waals surface area contributed by atoms with Gasteiger partial charge in [0.15, 0.2) is 0 Å². The number of hydrogen-bond donors (Lipinski definition) is 2. The van der Waals surface area contributed by atoms with Crippen LogP contribution in [0.4, 0.5) is 0 Å². The van der Waals surface area contributed by atoms with E-state index in [1.165, 1.54) is 0 Å². The van der Waals surface area contributed by atoms with E-state index in [0.717, 1.165) is 10.7 Å². The fraction of sp³-hybridized carbons (Fsp3) is 0.389. The molecule has 30 heavy (non-hydrogen) atoms. The predicted molar refractivity (Wildman–Crippen MR) is 132 cm³/mol. The number of allylic oxidation sites excluding steroid dienone is 2. The monoisotopic (exact) mass is 771 g/mol. The molecular weight excluding hydrogens is 755 g/mol. The summed E-state index contributed by atoms with van der Waals surface area (Å²) < 4.78 is 37.9. The first-order valence-corrected chi connectivity index (χ1v) is 13.6. The number of esters is 1. The summed E-state index contributed by atoms with van der Waals surface area (Å²) in [7, 11) is -4.26. The van der Waals surface area contributed by atoms with E-state index < -0.39 is 52.1 Å². The summed E-state index contributed by atoms with van der Waals surface area (Å²) >= 11 is 6.26. The van der Waals surface area contributed by atoms with Gasteiger partial charge >= 0.3 is 5.97 Å². The molecular formula is C18H16I3NO7S. The highest BCUT2D eigenvalue weighted by atomic mass is 127. The van der Waals surface area contributed by atoms with Gasteiger partial charge in [-0.2, -0.15) is 8.42 Å². The summed E-state index contributed by atoms with van der Waals surface area (Å²) in [6.07, 6.45) is 4.29. The van der Waals surface area contributed by atoms with Crippen LogP contribution in [-0.2, 0) is 24.4 Å². The maximum atomic E-state index is 12.9. The molecule has 2 aliphatic carbocycles. The summed E-state index contributed by atoms with van der Waals surface area (Å²) in [5, 5.41) is 2.42. The molecule has 4 unspecified atom stereocenters. The molecule has 2 bridgehead atoms. The second-order valence-electron chi connectivity index (χ2n) is 7.02. The third-order valence-corrected chi connectivity index (χ3v) is 9.44. The highest BCUT2D eigenvalue weighted by Crippen LogP contribution is 2.48. The number of amides is 2. The largest absolute Gasteiger partial charge is 0.464 e. The Bertz CT molecular complexity index is 1040. The Labute approximate surface area is 214 Å². The first-order chi connectivity index (χ1) is 14.0. The van der Waals surface area contributed by atoms with Crippen LogP contribution in [0.25, 0.3) is 0 Å². The zero-order chi connectivity index (χ0) is 22.2. The van der Waals surface area contributed by atoms with Gasteiger partial charge in [0.25, 0.3) is 16.0 Å². The minimum absolute atomic E-state index is 0.197. The lowest BCUT2D eigenvalue weighted by Gasteiger charge is -2.25. The lowest BCUT2D eigenvalue weighted by Crippen LogP contribution is -2.43. The maximum Gasteiger partial charge on any atom is 0.310 e. The van der Waals surface area contributed by atoms with Gasteiger partial charge < -0.3 is 4.74 Å². The van der Waals surface area contributed by atoms with Crippen molar-refractivity contribution in [2.75, 3.05) is 12.4 Å². The van der Waals surface area contributed by atoms with E-state index in [2.05, 4.69) is 50.5 Å². The topological polar surface area (TPSA) is 127 Å². The van der Waals surface area contributed by atoms with Gasteiger partial charge in [-0.25, -0.2) is 0 Å². The Balaban J connectivity index is 1.73. The van der Waals surface area contributed by atoms with Gasteiger partial charge in [-0.3, -0.25) is 24.3 Å². The molecule has 2 amide bonds. The summed E-state index contributed by atoms with van der Waals surface area (Å²) in [6.45, 7) is -0.498. The summed E-state index contributed by atoms with van der Waals surface area (Å²) in [5.74, 6) is -4.50. The summed E-state index contributed by atoms with van der Waals surface area (Å²) in [6, 6.07) is 3.61. The molecule has 1 aromatic rings. The van der Waals surface area contributed by atoms with E-state index in [1.54, 1.807) is 6.07 Å². The number of benzene rings is 1. The lowest BCUT2D eigenvalue weighted by molar-refractivity contribution is -0.153.